The number of amides is 2. The van der Waals surface area contributed by atoms with E-state index in [9.17, 15) is 27.9 Å². The molecule has 0 unspecified atom stereocenters. The van der Waals surface area contributed by atoms with Crippen LogP contribution in [0.2, 0.25) is 0 Å². The first-order valence-electron chi connectivity index (χ1n) is 14.0. The van der Waals surface area contributed by atoms with Gasteiger partial charge in [-0.25, -0.2) is 0 Å². The summed E-state index contributed by atoms with van der Waals surface area (Å²) in [5, 5.41) is 10.8. The van der Waals surface area contributed by atoms with Gasteiger partial charge >= 0.3 is 6.18 Å². The molecule has 6 nitrogen and oxygen atoms in total. The van der Waals surface area contributed by atoms with Gasteiger partial charge in [0.15, 0.2) is 0 Å². The van der Waals surface area contributed by atoms with Crippen LogP contribution in [0.1, 0.15) is 59.2 Å². The number of hydrogen-bond acceptors (Lipinski definition) is 4. The molecule has 0 radical (unpaired) electrons. The molecule has 2 aliphatic heterocycles. The van der Waals surface area contributed by atoms with Gasteiger partial charge in [-0.1, -0.05) is 29.8 Å². The van der Waals surface area contributed by atoms with E-state index in [1.807, 2.05) is 19.1 Å². The Balaban J connectivity index is 1.30. The summed E-state index contributed by atoms with van der Waals surface area (Å²) in [5.74, 6) is -0.421. The summed E-state index contributed by atoms with van der Waals surface area (Å²) in [6, 6.07) is 11.4. The van der Waals surface area contributed by atoms with Crippen LogP contribution >= 0.6 is 0 Å². The minimum absolute atomic E-state index is 0.00578. The standard InChI is InChI=1S/C31H40F3N3O3/c1-21-6-5-7-25(18-21)30(40,31(32,33)34)29(39)37-16-12-24(13-17-37)20-23-10-14-36(15-11-23)26-8-9-27(22(2)19-26)28(38)35(3)4/h5-9,18-19,23-24,40H,10-17,20H2,1-4H3/t30-/m1/s1. The average molecular weight is 560 g/mol. The van der Waals surface area contributed by atoms with Crippen molar-refractivity contribution in [3.05, 3.63) is 64.7 Å². The van der Waals surface area contributed by atoms with Gasteiger partial charge in [0.2, 0.25) is 0 Å². The monoisotopic (exact) mass is 559 g/mol. The van der Waals surface area contributed by atoms with E-state index in [0.717, 1.165) is 49.7 Å². The molecule has 2 aliphatic rings. The normalized spacial score (nSPS) is 18.9. The number of aliphatic hydroxyl groups is 1. The van der Waals surface area contributed by atoms with E-state index >= 15 is 0 Å². The Bertz CT molecular complexity index is 1220. The van der Waals surface area contributed by atoms with Crippen LogP contribution in [0.3, 0.4) is 0 Å². The van der Waals surface area contributed by atoms with Crippen molar-refractivity contribution in [2.75, 3.05) is 45.2 Å². The zero-order chi connectivity index (χ0) is 29.2. The summed E-state index contributed by atoms with van der Waals surface area (Å²) in [6.45, 7) is 5.84. The van der Waals surface area contributed by atoms with Crippen LogP contribution in [0, 0.1) is 25.7 Å². The van der Waals surface area contributed by atoms with Crippen molar-refractivity contribution in [3.63, 3.8) is 0 Å². The van der Waals surface area contributed by atoms with Crippen molar-refractivity contribution in [3.8, 4) is 0 Å². The molecular weight excluding hydrogens is 519 g/mol. The van der Waals surface area contributed by atoms with Crippen LogP contribution in [0.5, 0.6) is 0 Å². The zero-order valence-electron chi connectivity index (χ0n) is 23.8. The Hall–Kier alpha value is -3.07. The van der Waals surface area contributed by atoms with E-state index in [-0.39, 0.29) is 19.0 Å². The van der Waals surface area contributed by atoms with E-state index in [1.165, 1.54) is 17.0 Å². The van der Waals surface area contributed by atoms with Crippen LogP contribution in [0.4, 0.5) is 18.9 Å². The van der Waals surface area contributed by atoms with Gasteiger partial charge in [0.25, 0.3) is 17.4 Å². The maximum absolute atomic E-state index is 14.1. The Labute approximate surface area is 234 Å². The number of aryl methyl sites for hydroxylation is 2. The fraction of sp³-hybridized carbons (Fsp3) is 0.548. The summed E-state index contributed by atoms with van der Waals surface area (Å²) in [6.07, 6.45) is -0.811. The van der Waals surface area contributed by atoms with Crippen molar-refractivity contribution in [1.82, 2.24) is 9.80 Å². The molecule has 4 rings (SSSR count). The quantitative estimate of drug-likeness (QED) is 0.522. The number of hydrogen-bond donors (Lipinski definition) is 1. The summed E-state index contributed by atoms with van der Waals surface area (Å²) in [4.78, 5) is 30.5. The van der Waals surface area contributed by atoms with Gasteiger partial charge in [-0.3, -0.25) is 9.59 Å². The van der Waals surface area contributed by atoms with E-state index in [2.05, 4.69) is 11.0 Å². The molecule has 0 aliphatic carbocycles. The summed E-state index contributed by atoms with van der Waals surface area (Å²) in [7, 11) is 3.49. The molecular formula is C31H40F3N3O3. The second-order valence-corrected chi connectivity index (χ2v) is 11.7. The zero-order valence-corrected chi connectivity index (χ0v) is 23.8. The number of nitrogens with zero attached hydrogens (tertiary/aromatic N) is 3. The van der Waals surface area contributed by atoms with E-state index in [1.54, 1.807) is 32.0 Å². The minimum atomic E-state index is -5.12. The van der Waals surface area contributed by atoms with Gasteiger partial charge < -0.3 is 19.8 Å². The van der Waals surface area contributed by atoms with Crippen LogP contribution in [0.25, 0.3) is 0 Å². The van der Waals surface area contributed by atoms with Crippen molar-refractivity contribution in [2.24, 2.45) is 11.8 Å². The number of anilines is 1. The van der Waals surface area contributed by atoms with Gasteiger partial charge in [-0.15, -0.1) is 0 Å². The lowest BCUT2D eigenvalue weighted by molar-refractivity contribution is -0.262. The van der Waals surface area contributed by atoms with Gasteiger partial charge in [-0.2, -0.15) is 13.2 Å². The number of alkyl halides is 3. The molecule has 0 saturated carbocycles. The highest BCUT2D eigenvalue weighted by Crippen LogP contribution is 2.42. The van der Waals surface area contributed by atoms with Gasteiger partial charge in [-0.05, 0) is 81.5 Å². The SMILES string of the molecule is Cc1cccc([C@@](O)(C(=O)N2CCC(CC3CCN(c4ccc(C(=O)N(C)C)c(C)c4)CC3)CC2)C(F)(F)F)c1. The lowest BCUT2D eigenvalue weighted by atomic mass is 9.82. The van der Waals surface area contributed by atoms with E-state index in [4.69, 9.17) is 0 Å². The topological polar surface area (TPSA) is 64.1 Å². The predicted molar refractivity (Wildman–Crippen MR) is 149 cm³/mol. The number of halogens is 3. The number of carbonyl (C=O) groups is 2. The molecule has 0 spiro atoms. The maximum atomic E-state index is 14.1. The van der Waals surface area contributed by atoms with Crippen LogP contribution in [0.15, 0.2) is 42.5 Å². The Morgan fingerprint density at radius 3 is 2.05 bits per heavy atom. The summed E-state index contributed by atoms with van der Waals surface area (Å²) >= 11 is 0. The number of carbonyl (C=O) groups excluding carboxylic acids is 2. The number of likely N-dealkylation sites (tertiary alicyclic amines) is 1. The molecule has 1 atom stereocenters. The van der Waals surface area contributed by atoms with E-state index < -0.39 is 23.2 Å². The van der Waals surface area contributed by atoms with Gasteiger partial charge in [0, 0.05) is 57.1 Å². The number of benzene rings is 2. The smallest absolute Gasteiger partial charge is 0.372 e. The fourth-order valence-corrected chi connectivity index (χ4v) is 6.10. The first-order chi connectivity index (χ1) is 18.8. The van der Waals surface area contributed by atoms with Crippen molar-refractivity contribution in [2.45, 2.75) is 57.7 Å². The molecule has 2 heterocycles. The number of piperidine rings is 2. The molecule has 2 aromatic carbocycles. The maximum Gasteiger partial charge on any atom is 0.430 e. The third kappa shape index (κ3) is 6.14. The van der Waals surface area contributed by atoms with Crippen LogP contribution in [-0.4, -0.2) is 73.2 Å². The van der Waals surface area contributed by atoms with Crippen molar-refractivity contribution >= 4 is 17.5 Å². The molecule has 40 heavy (non-hydrogen) atoms. The highest BCUT2D eigenvalue weighted by Gasteiger charge is 2.62. The highest BCUT2D eigenvalue weighted by atomic mass is 19.4. The predicted octanol–water partition coefficient (Wildman–Crippen LogP) is 5.30. The number of rotatable bonds is 6. The lowest BCUT2D eigenvalue weighted by Gasteiger charge is -2.40. The molecule has 2 aromatic rings. The molecule has 9 heteroatoms. The molecule has 2 amide bonds. The van der Waals surface area contributed by atoms with Crippen LogP contribution in [-0.2, 0) is 10.4 Å². The molecule has 2 saturated heterocycles. The molecule has 0 aromatic heterocycles. The molecule has 2 fully saturated rings. The minimum Gasteiger partial charge on any atom is -0.372 e. The Morgan fingerprint density at radius 1 is 0.925 bits per heavy atom. The second kappa shape index (κ2) is 11.8. The summed E-state index contributed by atoms with van der Waals surface area (Å²) in [5.41, 5.74) is -0.656. The third-order valence-electron chi connectivity index (χ3n) is 8.55. The summed E-state index contributed by atoms with van der Waals surface area (Å²) < 4.78 is 42.2. The Kier molecular flexibility index (Phi) is 8.83. The first-order valence-corrected chi connectivity index (χ1v) is 14.0. The lowest BCUT2D eigenvalue weighted by Crippen LogP contribution is -2.57. The van der Waals surface area contributed by atoms with Crippen LogP contribution < -0.4 is 4.90 Å². The molecule has 0 bridgehead atoms. The van der Waals surface area contributed by atoms with Gasteiger partial charge in [0.1, 0.15) is 0 Å². The second-order valence-electron chi connectivity index (χ2n) is 11.7. The average Bonchev–Trinajstić information content (AvgIpc) is 2.92. The molecule has 218 valence electrons. The highest BCUT2D eigenvalue weighted by molar-refractivity contribution is 5.95. The first kappa shape index (κ1) is 29.9. The van der Waals surface area contributed by atoms with Crippen molar-refractivity contribution in [1.29, 1.82) is 0 Å². The largest absolute Gasteiger partial charge is 0.430 e. The van der Waals surface area contributed by atoms with Crippen molar-refractivity contribution < 1.29 is 27.9 Å². The van der Waals surface area contributed by atoms with E-state index in [0.29, 0.717) is 35.8 Å². The van der Waals surface area contributed by atoms with Gasteiger partial charge in [0.05, 0.1) is 0 Å². The third-order valence-corrected chi connectivity index (χ3v) is 8.55. The Morgan fingerprint density at radius 2 is 1.52 bits per heavy atom. The molecule has 1 N–H and O–H groups in total. The fourth-order valence-electron chi connectivity index (χ4n) is 6.10.